The molecule has 3 atom stereocenters. The molecule has 2 aliphatic rings. The minimum Gasteiger partial charge on any atom is -0.349 e. The summed E-state index contributed by atoms with van der Waals surface area (Å²) in [6, 6.07) is 7.91. The first-order valence-corrected chi connectivity index (χ1v) is 8.48. The molecule has 0 bridgehead atoms. The van der Waals surface area contributed by atoms with E-state index >= 15 is 0 Å². The number of rotatable bonds is 4. The van der Waals surface area contributed by atoms with Gasteiger partial charge in [0.1, 0.15) is 0 Å². The molecule has 1 aromatic rings. The van der Waals surface area contributed by atoms with Crippen molar-refractivity contribution < 1.29 is 14.4 Å². The Bertz CT molecular complexity index is 647. The zero-order chi connectivity index (χ0) is 17.1. The number of nitrogens with one attached hydrogen (secondary N) is 3. The number of amides is 3. The first-order valence-electron chi connectivity index (χ1n) is 8.48. The summed E-state index contributed by atoms with van der Waals surface area (Å²) in [5.41, 5.74) is 1.58. The van der Waals surface area contributed by atoms with Gasteiger partial charge in [0.25, 0.3) is 5.91 Å². The van der Waals surface area contributed by atoms with Crippen LogP contribution in [0, 0.1) is 5.92 Å². The van der Waals surface area contributed by atoms with E-state index < -0.39 is 0 Å². The number of hydrogen-bond donors (Lipinski definition) is 3. The van der Waals surface area contributed by atoms with Gasteiger partial charge in [0, 0.05) is 24.1 Å². The number of halogens is 1. The van der Waals surface area contributed by atoms with Gasteiger partial charge in [0.2, 0.25) is 11.8 Å². The number of carbonyl (C=O) groups is 3. The van der Waals surface area contributed by atoms with E-state index in [1.165, 1.54) is 0 Å². The van der Waals surface area contributed by atoms with Gasteiger partial charge >= 0.3 is 0 Å². The van der Waals surface area contributed by atoms with Gasteiger partial charge in [-0.15, -0.1) is 12.4 Å². The molecule has 3 unspecified atom stereocenters. The average Bonchev–Trinajstić information content (AvgIpc) is 2.85. The molecule has 2 heterocycles. The van der Waals surface area contributed by atoms with Crippen molar-refractivity contribution in [1.82, 2.24) is 16.0 Å². The van der Waals surface area contributed by atoms with Crippen LogP contribution in [0.15, 0.2) is 24.3 Å². The molecule has 7 heteroatoms. The lowest BCUT2D eigenvalue weighted by Crippen LogP contribution is -2.46. The van der Waals surface area contributed by atoms with Crippen LogP contribution in [0.5, 0.6) is 0 Å². The van der Waals surface area contributed by atoms with Gasteiger partial charge in [-0.1, -0.05) is 12.1 Å². The number of piperidine rings is 1. The Kier molecular flexibility index (Phi) is 6.56. The summed E-state index contributed by atoms with van der Waals surface area (Å²) in [4.78, 5) is 35.2. The lowest BCUT2D eigenvalue weighted by Gasteiger charge is -2.28. The van der Waals surface area contributed by atoms with Gasteiger partial charge in [0.15, 0.2) is 0 Å². The van der Waals surface area contributed by atoms with Crippen LogP contribution >= 0.6 is 12.4 Å². The van der Waals surface area contributed by atoms with E-state index in [4.69, 9.17) is 0 Å². The lowest BCUT2D eigenvalue weighted by molar-refractivity contribution is -0.125. The smallest absolute Gasteiger partial charge is 0.251 e. The summed E-state index contributed by atoms with van der Waals surface area (Å²) >= 11 is 0. The van der Waals surface area contributed by atoms with Crippen molar-refractivity contribution in [3.05, 3.63) is 35.4 Å². The van der Waals surface area contributed by atoms with Crippen LogP contribution in [0.3, 0.4) is 0 Å². The Morgan fingerprint density at radius 2 is 1.96 bits per heavy atom. The summed E-state index contributed by atoms with van der Waals surface area (Å²) in [5, 5.41) is 8.77. The van der Waals surface area contributed by atoms with Crippen LogP contribution in [0.2, 0.25) is 0 Å². The van der Waals surface area contributed by atoms with Gasteiger partial charge in [-0.25, -0.2) is 0 Å². The average molecular weight is 366 g/mol. The molecule has 0 saturated carbocycles. The van der Waals surface area contributed by atoms with E-state index in [-0.39, 0.29) is 48.5 Å². The third kappa shape index (κ3) is 5.03. The minimum atomic E-state index is -0.298. The van der Waals surface area contributed by atoms with Crippen molar-refractivity contribution in [3.63, 3.8) is 0 Å². The zero-order valence-corrected chi connectivity index (χ0v) is 15.0. The predicted octanol–water partition coefficient (Wildman–Crippen LogP) is 1.18. The van der Waals surface area contributed by atoms with Crippen molar-refractivity contribution in [1.29, 1.82) is 0 Å². The molecule has 2 aliphatic heterocycles. The van der Waals surface area contributed by atoms with E-state index in [1.807, 2.05) is 12.1 Å². The fraction of sp³-hybridized carbons (Fsp3) is 0.500. The van der Waals surface area contributed by atoms with Crippen molar-refractivity contribution in [2.75, 3.05) is 6.54 Å². The quantitative estimate of drug-likeness (QED) is 0.699. The Hall–Kier alpha value is -1.92. The Morgan fingerprint density at radius 1 is 1.24 bits per heavy atom. The highest BCUT2D eigenvalue weighted by molar-refractivity contribution is 6.03. The highest BCUT2D eigenvalue weighted by Gasteiger charge is 2.30. The molecule has 6 nitrogen and oxygen atoms in total. The van der Waals surface area contributed by atoms with Crippen molar-refractivity contribution in [3.8, 4) is 0 Å². The summed E-state index contributed by atoms with van der Waals surface area (Å²) in [7, 11) is 0. The van der Waals surface area contributed by atoms with Crippen LogP contribution in [0.1, 0.15) is 42.1 Å². The second kappa shape index (κ2) is 8.45. The summed E-state index contributed by atoms with van der Waals surface area (Å²) in [6.07, 6.45) is 2.65. The first kappa shape index (κ1) is 19.4. The molecule has 3 N–H and O–H groups in total. The molecule has 0 aliphatic carbocycles. The van der Waals surface area contributed by atoms with E-state index in [9.17, 15) is 14.4 Å². The maximum atomic E-state index is 12.3. The molecular weight excluding hydrogens is 342 g/mol. The van der Waals surface area contributed by atoms with Crippen molar-refractivity contribution >= 4 is 30.1 Å². The van der Waals surface area contributed by atoms with E-state index in [1.54, 1.807) is 12.1 Å². The SMILES string of the molecule is CC1CC(NC(=O)c2ccc(CC3CC(=O)NC3=O)cc2)CCN1.Cl. The van der Waals surface area contributed by atoms with Gasteiger partial charge in [0.05, 0.1) is 5.92 Å². The normalized spacial score (nSPS) is 25.9. The minimum absolute atomic E-state index is 0. The van der Waals surface area contributed by atoms with Crippen LogP contribution in [-0.4, -0.2) is 36.3 Å². The molecule has 25 heavy (non-hydrogen) atoms. The van der Waals surface area contributed by atoms with E-state index in [0.29, 0.717) is 18.0 Å². The van der Waals surface area contributed by atoms with Crippen LogP contribution in [-0.2, 0) is 16.0 Å². The highest BCUT2D eigenvalue weighted by Crippen LogP contribution is 2.18. The largest absolute Gasteiger partial charge is 0.349 e. The number of carbonyl (C=O) groups excluding carboxylic acids is 3. The maximum Gasteiger partial charge on any atom is 0.251 e. The Morgan fingerprint density at radius 3 is 2.56 bits per heavy atom. The summed E-state index contributed by atoms with van der Waals surface area (Å²) in [5.74, 6) is -0.776. The van der Waals surface area contributed by atoms with Gasteiger partial charge < -0.3 is 10.6 Å². The summed E-state index contributed by atoms with van der Waals surface area (Å²) in [6.45, 7) is 3.05. The maximum absolute atomic E-state index is 12.3. The third-order valence-electron chi connectivity index (χ3n) is 4.72. The van der Waals surface area contributed by atoms with Gasteiger partial charge in [-0.05, 0) is 50.4 Å². The molecular formula is C18H24ClN3O3. The van der Waals surface area contributed by atoms with Gasteiger partial charge in [-0.3, -0.25) is 19.7 Å². The second-order valence-corrected chi connectivity index (χ2v) is 6.76. The second-order valence-electron chi connectivity index (χ2n) is 6.76. The van der Waals surface area contributed by atoms with Gasteiger partial charge in [-0.2, -0.15) is 0 Å². The monoisotopic (exact) mass is 365 g/mol. The molecule has 3 rings (SSSR count). The lowest BCUT2D eigenvalue weighted by atomic mass is 9.97. The first-order chi connectivity index (χ1) is 11.5. The third-order valence-corrected chi connectivity index (χ3v) is 4.72. The zero-order valence-electron chi connectivity index (χ0n) is 14.2. The summed E-state index contributed by atoms with van der Waals surface area (Å²) < 4.78 is 0. The predicted molar refractivity (Wildman–Crippen MR) is 96.6 cm³/mol. The molecule has 1 aromatic carbocycles. The standard InChI is InChI=1S/C18H23N3O3.ClH/c1-11-8-15(6-7-19-11)20-17(23)13-4-2-12(3-5-13)9-14-10-16(22)21-18(14)24;/h2-5,11,14-15,19H,6-10H2,1H3,(H,20,23)(H,21,22,24);1H. The molecule has 2 fully saturated rings. The fourth-order valence-corrected chi connectivity index (χ4v) is 3.38. The van der Waals surface area contributed by atoms with E-state index in [0.717, 1.165) is 24.9 Å². The van der Waals surface area contributed by atoms with Crippen LogP contribution in [0.25, 0.3) is 0 Å². The number of hydrogen-bond acceptors (Lipinski definition) is 4. The number of benzene rings is 1. The topological polar surface area (TPSA) is 87.3 Å². The molecule has 0 radical (unpaired) electrons. The highest BCUT2D eigenvalue weighted by atomic mass is 35.5. The Balaban J connectivity index is 0.00000225. The van der Waals surface area contributed by atoms with Crippen LogP contribution < -0.4 is 16.0 Å². The van der Waals surface area contributed by atoms with Crippen molar-refractivity contribution in [2.45, 2.75) is 44.7 Å². The Labute approximate surface area is 153 Å². The van der Waals surface area contributed by atoms with Crippen molar-refractivity contribution in [2.24, 2.45) is 5.92 Å². The fourth-order valence-electron chi connectivity index (χ4n) is 3.38. The van der Waals surface area contributed by atoms with Crippen LogP contribution in [0.4, 0.5) is 0 Å². The number of imide groups is 1. The molecule has 2 saturated heterocycles. The van der Waals surface area contributed by atoms with E-state index in [2.05, 4.69) is 22.9 Å². The molecule has 0 spiro atoms. The molecule has 0 aromatic heterocycles. The molecule has 136 valence electrons. The molecule has 3 amide bonds.